The minimum atomic E-state index is -0.587. The van der Waals surface area contributed by atoms with Crippen LogP contribution in [0.25, 0.3) is 11.4 Å². The Hall–Kier alpha value is -3.22. The van der Waals surface area contributed by atoms with Crippen LogP contribution in [0.2, 0.25) is 0 Å². The largest absolute Gasteiger partial charge is 0.481 e. The third-order valence-corrected chi connectivity index (χ3v) is 4.01. The molecule has 26 heavy (non-hydrogen) atoms. The molecule has 0 fully saturated rings. The monoisotopic (exact) mass is 351 g/mol. The van der Waals surface area contributed by atoms with Crippen molar-refractivity contribution in [2.75, 3.05) is 0 Å². The smallest absolute Gasteiger partial charge is 0.261 e. The van der Waals surface area contributed by atoms with Crippen molar-refractivity contribution >= 4 is 5.91 Å². The van der Waals surface area contributed by atoms with Crippen molar-refractivity contribution in [3.63, 3.8) is 0 Å². The van der Waals surface area contributed by atoms with Gasteiger partial charge in [0.2, 0.25) is 5.82 Å². The number of nitrogens with one attached hydrogen (secondary N) is 2. The normalized spacial score (nSPS) is 11.8. The number of carbonyl (C=O) groups excluding carboxylic acids is 1. The van der Waals surface area contributed by atoms with Gasteiger partial charge in [-0.15, -0.1) is 10.2 Å². The van der Waals surface area contributed by atoms with Crippen LogP contribution in [0.4, 0.5) is 0 Å². The highest BCUT2D eigenvalue weighted by molar-refractivity contribution is 5.80. The lowest BCUT2D eigenvalue weighted by Crippen LogP contribution is -2.36. The maximum absolute atomic E-state index is 12.4. The van der Waals surface area contributed by atoms with Crippen molar-refractivity contribution in [1.82, 2.24) is 25.9 Å². The van der Waals surface area contributed by atoms with E-state index in [1.807, 2.05) is 56.3 Å². The Kier molecular flexibility index (Phi) is 5.26. The Morgan fingerprint density at radius 2 is 2.08 bits per heavy atom. The van der Waals surface area contributed by atoms with Crippen molar-refractivity contribution < 1.29 is 9.53 Å². The third kappa shape index (κ3) is 4.24. The number of hydrogen-bond acceptors (Lipinski definition) is 5. The van der Waals surface area contributed by atoms with E-state index in [1.165, 1.54) is 0 Å². The van der Waals surface area contributed by atoms with Gasteiger partial charge in [-0.25, -0.2) is 0 Å². The van der Waals surface area contributed by atoms with Crippen LogP contribution < -0.4 is 10.1 Å². The van der Waals surface area contributed by atoms with Crippen LogP contribution in [0.3, 0.4) is 0 Å². The summed E-state index contributed by atoms with van der Waals surface area (Å²) in [7, 11) is 0. The fourth-order valence-electron chi connectivity index (χ4n) is 2.52. The molecule has 3 aromatic rings. The van der Waals surface area contributed by atoms with Crippen molar-refractivity contribution in [2.24, 2.45) is 0 Å². The number of ether oxygens (including phenoxy) is 1. The molecule has 1 amide bonds. The maximum Gasteiger partial charge on any atom is 0.261 e. The molecule has 1 atom stereocenters. The Morgan fingerprint density at radius 1 is 1.23 bits per heavy atom. The van der Waals surface area contributed by atoms with Gasteiger partial charge in [0.15, 0.2) is 6.10 Å². The Balaban J connectivity index is 1.60. The lowest BCUT2D eigenvalue weighted by Gasteiger charge is -2.17. The van der Waals surface area contributed by atoms with Crippen LogP contribution in [-0.4, -0.2) is 32.6 Å². The van der Waals surface area contributed by atoms with Gasteiger partial charge >= 0.3 is 0 Å². The number of nitrogens with zero attached hydrogens (tertiary/aromatic N) is 3. The zero-order chi connectivity index (χ0) is 18.5. The molecule has 3 rings (SSSR count). The molecule has 0 aliphatic heterocycles. The highest BCUT2D eigenvalue weighted by Crippen LogP contribution is 2.20. The van der Waals surface area contributed by atoms with E-state index < -0.39 is 6.10 Å². The summed E-state index contributed by atoms with van der Waals surface area (Å²) >= 11 is 0. The highest BCUT2D eigenvalue weighted by Gasteiger charge is 2.15. The number of rotatable bonds is 6. The van der Waals surface area contributed by atoms with E-state index in [0.29, 0.717) is 12.4 Å². The molecule has 0 unspecified atom stereocenters. The first-order valence-corrected chi connectivity index (χ1v) is 8.37. The Morgan fingerprint density at radius 3 is 2.85 bits per heavy atom. The molecule has 0 spiro atoms. The number of carbonyl (C=O) groups is 1. The van der Waals surface area contributed by atoms with Crippen LogP contribution in [0.15, 0.2) is 42.5 Å². The van der Waals surface area contributed by atoms with E-state index in [2.05, 4.69) is 25.9 Å². The minimum Gasteiger partial charge on any atom is -0.481 e. The summed E-state index contributed by atoms with van der Waals surface area (Å²) in [6, 6.07) is 13.6. The second-order valence-electron chi connectivity index (χ2n) is 6.18. The summed E-state index contributed by atoms with van der Waals surface area (Å²) in [5.41, 5.74) is 3.88. The van der Waals surface area contributed by atoms with Gasteiger partial charge in [0.05, 0.1) is 0 Å². The first-order chi connectivity index (χ1) is 12.5. The molecule has 7 heteroatoms. The van der Waals surface area contributed by atoms with E-state index in [9.17, 15) is 4.79 Å². The topological polar surface area (TPSA) is 92.8 Å². The molecule has 0 saturated carbocycles. The molecule has 2 aromatic carbocycles. The lowest BCUT2D eigenvalue weighted by molar-refractivity contribution is -0.127. The van der Waals surface area contributed by atoms with Gasteiger partial charge in [-0.05, 0) is 54.8 Å². The molecule has 7 nitrogen and oxygen atoms in total. The SMILES string of the molecule is Cc1ccc(C)c(O[C@H](C)C(=O)NCc2cccc(-c3nn[nH]n3)c2)c1. The third-order valence-electron chi connectivity index (χ3n) is 4.01. The fraction of sp³-hybridized carbons (Fsp3) is 0.263. The zero-order valence-corrected chi connectivity index (χ0v) is 15.0. The average Bonchev–Trinajstić information content (AvgIpc) is 3.17. The number of tetrazole rings is 1. The van der Waals surface area contributed by atoms with Crippen molar-refractivity contribution in [3.05, 3.63) is 59.2 Å². The van der Waals surface area contributed by atoms with Gasteiger partial charge in [-0.3, -0.25) is 4.79 Å². The quantitative estimate of drug-likeness (QED) is 0.712. The van der Waals surface area contributed by atoms with Crippen LogP contribution in [0.1, 0.15) is 23.6 Å². The van der Waals surface area contributed by atoms with Gasteiger partial charge < -0.3 is 10.1 Å². The number of aromatic nitrogens is 4. The highest BCUT2D eigenvalue weighted by atomic mass is 16.5. The van der Waals surface area contributed by atoms with Gasteiger partial charge in [0, 0.05) is 12.1 Å². The molecule has 0 bridgehead atoms. The second kappa shape index (κ2) is 7.77. The van der Waals surface area contributed by atoms with Gasteiger partial charge in [0.25, 0.3) is 5.91 Å². The van der Waals surface area contributed by atoms with E-state index in [-0.39, 0.29) is 5.91 Å². The molecule has 0 saturated heterocycles. The van der Waals surface area contributed by atoms with E-state index in [4.69, 9.17) is 4.74 Å². The summed E-state index contributed by atoms with van der Waals surface area (Å²) in [4.78, 5) is 12.4. The number of amides is 1. The zero-order valence-electron chi connectivity index (χ0n) is 15.0. The predicted molar refractivity (Wildman–Crippen MR) is 97.5 cm³/mol. The standard InChI is InChI=1S/C19H21N5O2/c1-12-7-8-13(2)17(9-12)26-14(3)19(25)20-11-15-5-4-6-16(10-15)18-21-23-24-22-18/h4-10,14H,11H2,1-3H3,(H,20,25)(H,21,22,23,24)/t14-/m1/s1. The molecular weight excluding hydrogens is 330 g/mol. The van der Waals surface area contributed by atoms with Gasteiger partial charge in [-0.1, -0.05) is 30.3 Å². The summed E-state index contributed by atoms with van der Waals surface area (Å²) in [6.07, 6.45) is -0.587. The molecule has 1 heterocycles. The van der Waals surface area contributed by atoms with Gasteiger partial charge in [0.1, 0.15) is 5.75 Å². The van der Waals surface area contributed by atoms with E-state index in [0.717, 1.165) is 28.0 Å². The summed E-state index contributed by atoms with van der Waals surface area (Å²) < 4.78 is 5.81. The van der Waals surface area contributed by atoms with Gasteiger partial charge in [-0.2, -0.15) is 5.21 Å². The summed E-state index contributed by atoms with van der Waals surface area (Å²) in [5.74, 6) is 1.08. The molecule has 0 radical (unpaired) electrons. The fourth-order valence-corrected chi connectivity index (χ4v) is 2.52. The second-order valence-corrected chi connectivity index (χ2v) is 6.18. The number of benzene rings is 2. The van der Waals surface area contributed by atoms with Crippen molar-refractivity contribution in [3.8, 4) is 17.1 Å². The number of hydrogen-bond donors (Lipinski definition) is 2. The molecular formula is C19H21N5O2. The molecule has 2 N–H and O–H groups in total. The first kappa shape index (κ1) is 17.6. The average molecular weight is 351 g/mol. The van der Waals surface area contributed by atoms with E-state index in [1.54, 1.807) is 6.92 Å². The van der Waals surface area contributed by atoms with E-state index >= 15 is 0 Å². The van der Waals surface area contributed by atoms with Crippen LogP contribution in [0, 0.1) is 13.8 Å². The van der Waals surface area contributed by atoms with Crippen LogP contribution in [0.5, 0.6) is 5.75 Å². The minimum absolute atomic E-state index is 0.170. The van der Waals surface area contributed by atoms with Crippen LogP contribution in [-0.2, 0) is 11.3 Å². The number of aromatic amines is 1. The number of aryl methyl sites for hydroxylation is 2. The summed E-state index contributed by atoms with van der Waals surface area (Å²) in [6.45, 7) is 6.09. The predicted octanol–water partition coefficient (Wildman–Crippen LogP) is 2.57. The molecule has 0 aliphatic rings. The molecule has 134 valence electrons. The lowest BCUT2D eigenvalue weighted by atomic mass is 10.1. The van der Waals surface area contributed by atoms with Crippen molar-refractivity contribution in [1.29, 1.82) is 0 Å². The van der Waals surface area contributed by atoms with Crippen LogP contribution >= 0.6 is 0 Å². The molecule has 1 aromatic heterocycles. The molecule has 0 aliphatic carbocycles. The maximum atomic E-state index is 12.4. The Bertz CT molecular complexity index is 893. The summed E-state index contributed by atoms with van der Waals surface area (Å²) in [5, 5.41) is 16.8. The van der Waals surface area contributed by atoms with Crippen molar-refractivity contribution in [2.45, 2.75) is 33.4 Å². The Labute approximate surface area is 151 Å². The number of H-pyrrole nitrogens is 1. The first-order valence-electron chi connectivity index (χ1n) is 8.37.